The fourth-order valence-corrected chi connectivity index (χ4v) is 8.74. The molecule has 23 heteroatoms. The summed E-state index contributed by atoms with van der Waals surface area (Å²) in [5.74, 6) is -2.47. The monoisotopic (exact) mass is 1640 g/mol. The zero-order valence-corrected chi connectivity index (χ0v) is 75.0. The molecule has 0 saturated carbocycles. The Labute approximate surface area is 697 Å². The average Bonchev–Trinajstić information content (AvgIpc) is 1.01. The highest BCUT2D eigenvalue weighted by atomic mass is 16.6. The molecule has 0 amide bonds. The highest BCUT2D eigenvalue weighted by molar-refractivity contribution is 5.86. The quantitative estimate of drug-likeness (QED) is 0.0220. The van der Waals surface area contributed by atoms with Crippen LogP contribution >= 0.6 is 0 Å². The fraction of sp³-hybridized carbons (Fsp3) is 0.674. The lowest BCUT2D eigenvalue weighted by Crippen LogP contribution is -2.12. The summed E-state index contributed by atoms with van der Waals surface area (Å²) < 4.78 is 47.8. The van der Waals surface area contributed by atoms with Gasteiger partial charge in [0.2, 0.25) is 0 Å². The molecule has 0 bridgehead atoms. The van der Waals surface area contributed by atoms with Crippen molar-refractivity contribution in [2.45, 2.75) is 297 Å². The number of aliphatic hydroxyl groups is 3. The second kappa shape index (κ2) is 102. The zero-order valence-electron chi connectivity index (χ0n) is 75.0. The Morgan fingerprint density at radius 1 is 0.226 bits per heavy atom. The van der Waals surface area contributed by atoms with E-state index in [0.717, 1.165) is 89.9 Å². The Morgan fingerprint density at radius 3 is 0.400 bits per heavy atom. The number of hydrogen-bond acceptors (Lipinski definition) is 23. The van der Waals surface area contributed by atoms with E-state index in [2.05, 4.69) is 177 Å². The van der Waals surface area contributed by atoms with Crippen molar-refractivity contribution in [3.05, 3.63) is 126 Å². The van der Waals surface area contributed by atoms with Crippen LogP contribution in [0, 0.1) is 41.4 Å². The number of hydrogen-bond donors (Lipinski definition) is 3. The molecule has 0 aliphatic rings. The van der Waals surface area contributed by atoms with Crippen LogP contribution in [0.3, 0.4) is 0 Å². The van der Waals surface area contributed by atoms with Gasteiger partial charge in [-0.15, -0.1) is 0 Å². The van der Waals surface area contributed by atoms with Gasteiger partial charge in [0.05, 0.1) is 66.1 Å². The molecule has 0 radical (unpaired) electrons. The molecule has 0 rings (SSSR count). The van der Waals surface area contributed by atoms with Gasteiger partial charge in [0.15, 0.2) is 17.3 Å². The third-order valence-electron chi connectivity index (χ3n) is 16.7. The van der Waals surface area contributed by atoms with E-state index in [-0.39, 0.29) is 61.6 Å². The van der Waals surface area contributed by atoms with Crippen molar-refractivity contribution < 1.29 is 111 Å². The third-order valence-corrected chi connectivity index (χ3v) is 16.7. The second-order valence-electron chi connectivity index (χ2n) is 26.3. The van der Waals surface area contributed by atoms with Crippen LogP contribution in [0.4, 0.5) is 0 Å². The van der Waals surface area contributed by atoms with Crippen LogP contribution in [0.15, 0.2) is 126 Å². The molecule has 7 unspecified atom stereocenters. The van der Waals surface area contributed by atoms with Crippen molar-refractivity contribution in [1.82, 2.24) is 0 Å². The topological polar surface area (TPSA) is 324 Å². The highest BCUT2D eigenvalue weighted by Gasteiger charge is 2.14. The van der Waals surface area contributed by atoms with Gasteiger partial charge >= 0.3 is 59.7 Å². The first-order valence-corrected chi connectivity index (χ1v) is 41.9. The third kappa shape index (κ3) is 106. The lowest BCUT2D eigenvalue weighted by atomic mass is 10.0. The van der Waals surface area contributed by atoms with Crippen LogP contribution in [0.2, 0.25) is 0 Å². The fourth-order valence-electron chi connectivity index (χ4n) is 8.74. The minimum Gasteiger partial charge on any atom is -0.502 e. The normalized spacial score (nSPS) is 11.3. The van der Waals surface area contributed by atoms with E-state index in [9.17, 15) is 47.9 Å². The van der Waals surface area contributed by atoms with E-state index in [1.54, 1.807) is 20.8 Å². The second-order valence-corrected chi connectivity index (χ2v) is 26.3. The maximum Gasteiger partial charge on any atom is 0.372 e. The molecule has 0 aromatic carbocycles. The molecule has 0 aliphatic carbocycles. The van der Waals surface area contributed by atoms with Gasteiger partial charge in [-0.05, 0) is 127 Å². The Hall–Kier alpha value is -8.50. The Kier molecular flexibility index (Phi) is 112. The number of carbonyl (C=O) groups is 10. The van der Waals surface area contributed by atoms with Crippen LogP contribution in [0.25, 0.3) is 0 Å². The first kappa shape index (κ1) is 127. The van der Waals surface area contributed by atoms with Gasteiger partial charge < -0.3 is 62.7 Å². The van der Waals surface area contributed by atoms with Gasteiger partial charge in [0, 0.05) is 42.5 Å². The van der Waals surface area contributed by atoms with Crippen molar-refractivity contribution in [3.63, 3.8) is 0 Å². The van der Waals surface area contributed by atoms with Gasteiger partial charge in [-0.1, -0.05) is 278 Å². The molecule has 23 nitrogen and oxygen atoms in total. The number of unbranched alkanes of at least 4 members (excludes halogenated alkanes) is 7. The van der Waals surface area contributed by atoms with Gasteiger partial charge in [-0.2, -0.15) is 0 Å². The standard InChI is InChI=1S/7C11H20O2.3C5H8O3/c7*1-4-7-8-10(5-2)9-13-11(12)6-3;3*1-3-8-5(7)4(2)6/h7*6,10H,3-5,7-9H2,1-2H3;3*6H,2-3H2,1H3. The van der Waals surface area contributed by atoms with Crippen molar-refractivity contribution in [2.75, 3.05) is 66.1 Å². The highest BCUT2D eigenvalue weighted by Crippen LogP contribution is 2.18. The minimum atomic E-state index is -0.757. The summed E-state index contributed by atoms with van der Waals surface area (Å²) in [7, 11) is 0. The first-order chi connectivity index (χ1) is 54.7. The molecule has 0 saturated heterocycles. The Bertz CT molecular complexity index is 2080. The summed E-state index contributed by atoms with van der Waals surface area (Å²) in [4.78, 5) is 106. The van der Waals surface area contributed by atoms with Crippen LogP contribution in [-0.2, 0) is 95.3 Å². The lowest BCUT2D eigenvalue weighted by Gasteiger charge is -2.13. The van der Waals surface area contributed by atoms with E-state index in [4.69, 9.17) is 48.5 Å². The molecular weight excluding hydrogens is 1470 g/mol. The number of carbonyl (C=O) groups excluding carboxylic acids is 10. The minimum absolute atomic E-state index is 0.262. The number of esters is 10. The summed E-state index contributed by atoms with van der Waals surface area (Å²) in [5, 5.41) is 24.8. The summed E-state index contributed by atoms with van der Waals surface area (Å²) in [6.07, 6.45) is 41.0. The predicted molar refractivity (Wildman–Crippen MR) is 466 cm³/mol. The van der Waals surface area contributed by atoms with Crippen LogP contribution < -0.4 is 0 Å². The SMILES string of the molecule is C=C(O)C(=O)OCC.C=C(O)C(=O)OCC.C=C(O)C(=O)OCC.C=CC(=O)OCC(CC)CCCC.C=CC(=O)OCC(CC)CCCC.C=CC(=O)OCC(CC)CCCC.C=CC(=O)OCC(CC)CCCC.C=CC(=O)OCC(CC)CCCC.C=CC(=O)OCC(CC)CCCC.C=CC(=O)OCC(CC)CCCC. The zero-order chi connectivity index (χ0) is 90.4. The number of aliphatic hydroxyl groups excluding tert-OH is 3. The van der Waals surface area contributed by atoms with Crippen LogP contribution in [0.5, 0.6) is 0 Å². The van der Waals surface area contributed by atoms with E-state index in [0.29, 0.717) is 87.7 Å². The van der Waals surface area contributed by atoms with E-state index in [1.165, 1.54) is 132 Å². The molecule has 0 heterocycles. The van der Waals surface area contributed by atoms with Crippen molar-refractivity contribution in [1.29, 1.82) is 0 Å². The largest absolute Gasteiger partial charge is 0.502 e. The van der Waals surface area contributed by atoms with E-state index in [1.807, 2.05) is 0 Å². The van der Waals surface area contributed by atoms with Crippen LogP contribution in [0.1, 0.15) is 297 Å². The van der Waals surface area contributed by atoms with Gasteiger partial charge in [-0.25, -0.2) is 47.9 Å². The maximum absolute atomic E-state index is 10.8. The molecule has 0 aliphatic heterocycles. The lowest BCUT2D eigenvalue weighted by molar-refractivity contribution is -0.142. The molecule has 0 fully saturated rings. The van der Waals surface area contributed by atoms with Gasteiger partial charge in [0.25, 0.3) is 0 Å². The summed E-state index contributed by atoms with van der Waals surface area (Å²) in [6, 6.07) is 0. The van der Waals surface area contributed by atoms with E-state index >= 15 is 0 Å². The van der Waals surface area contributed by atoms with Crippen molar-refractivity contribution >= 4 is 59.7 Å². The average molecular weight is 1640 g/mol. The Balaban J connectivity index is -0.000000134. The maximum atomic E-state index is 10.8. The molecule has 115 heavy (non-hydrogen) atoms. The van der Waals surface area contributed by atoms with Crippen LogP contribution in [-0.4, -0.2) is 141 Å². The number of ether oxygens (including phenoxy) is 10. The molecule has 0 spiro atoms. The summed E-state index contributed by atoms with van der Waals surface area (Å²) in [6.45, 7) is 72.0. The number of rotatable bonds is 55. The van der Waals surface area contributed by atoms with Crippen molar-refractivity contribution in [3.8, 4) is 0 Å². The van der Waals surface area contributed by atoms with E-state index < -0.39 is 35.2 Å². The molecular formula is C92H164O23. The molecule has 670 valence electrons. The molecule has 0 aromatic rings. The first-order valence-electron chi connectivity index (χ1n) is 41.9. The molecule has 0 aromatic heterocycles. The van der Waals surface area contributed by atoms with Gasteiger partial charge in [0.1, 0.15) is 0 Å². The molecule has 7 atom stereocenters. The smallest absolute Gasteiger partial charge is 0.372 e. The van der Waals surface area contributed by atoms with Crippen molar-refractivity contribution in [2.24, 2.45) is 41.4 Å². The summed E-state index contributed by atoms with van der Waals surface area (Å²) >= 11 is 0. The summed E-state index contributed by atoms with van der Waals surface area (Å²) in [5.41, 5.74) is 0. The Morgan fingerprint density at radius 2 is 0.339 bits per heavy atom. The van der Waals surface area contributed by atoms with Gasteiger partial charge in [-0.3, -0.25) is 0 Å². The predicted octanol–water partition coefficient (Wildman–Crippen LogP) is 22.4. The molecule has 3 N–H and O–H groups in total.